The number of hydrogen-bond acceptors (Lipinski definition) is 4. The Morgan fingerprint density at radius 3 is 0.677 bits per heavy atom. The van der Waals surface area contributed by atoms with Crippen LogP contribution in [0.4, 0.5) is 0 Å². The number of hydrogen-bond donors (Lipinski definition) is 0. The molecule has 0 radical (unpaired) electrons. The number of rotatable bonds is 12. The van der Waals surface area contributed by atoms with E-state index in [1.54, 1.807) is 0 Å². The van der Waals surface area contributed by atoms with Crippen LogP contribution in [0.1, 0.15) is 33.4 Å². The predicted octanol–water partition coefficient (Wildman–Crippen LogP) is 17.2. The van der Waals surface area contributed by atoms with Gasteiger partial charge in [-0.2, -0.15) is 4.57 Å². The van der Waals surface area contributed by atoms with E-state index in [4.69, 9.17) is 13.6 Å². The first-order valence-corrected chi connectivity index (χ1v) is 23.5. The van der Waals surface area contributed by atoms with Crippen LogP contribution >= 0.6 is 7.82 Å². The van der Waals surface area contributed by atoms with E-state index >= 15 is 4.57 Å². The average Bonchev–Trinajstić information content (AvgIpc) is 3.30. The number of phosphoric acid groups is 1. The Balaban J connectivity index is 1.31. The molecule has 9 aromatic carbocycles. The summed E-state index contributed by atoms with van der Waals surface area (Å²) in [7, 11) is -4.74. The van der Waals surface area contributed by atoms with Gasteiger partial charge in [0.15, 0.2) is 0 Å². The molecule has 0 heterocycles. The highest BCUT2D eigenvalue weighted by Gasteiger charge is 2.38. The monoisotopic (exact) mass is 866 g/mol. The molecule has 9 aromatic rings. The average molecular weight is 867 g/mol. The molecule has 0 saturated carbocycles. The Bertz CT molecular complexity index is 2910. The van der Waals surface area contributed by atoms with Crippen LogP contribution in [-0.2, 0) is 4.57 Å². The third-order valence-electron chi connectivity index (χ3n) is 12.3. The van der Waals surface area contributed by atoms with Crippen molar-refractivity contribution in [2.24, 2.45) is 0 Å². The standard InChI is InChI=1S/C60H51O4P/c1-40-22-7-13-28-46(40)52-34-19-37-55(58(52)49-31-16-10-25-43(49)4)62-65(61,63-56-38-20-35-53(47-29-14-8-23-41(47)2)59(56)50-32-17-11-26-44(50)5)64-57-39-21-36-54(48-30-15-9-24-42(48)3)60(57)51-33-18-12-27-45(51)6/h7-39H,1-6H3. The molecule has 65 heavy (non-hydrogen) atoms. The first-order chi connectivity index (χ1) is 31.6. The summed E-state index contributed by atoms with van der Waals surface area (Å²) in [6, 6.07) is 67.2. The van der Waals surface area contributed by atoms with Crippen molar-refractivity contribution >= 4 is 7.82 Å². The molecule has 0 unspecified atom stereocenters. The van der Waals surface area contributed by atoms with Gasteiger partial charge in [-0.05, 0) is 143 Å². The van der Waals surface area contributed by atoms with Crippen molar-refractivity contribution in [2.45, 2.75) is 41.5 Å². The van der Waals surface area contributed by atoms with Crippen LogP contribution in [0.5, 0.6) is 17.2 Å². The Morgan fingerprint density at radius 2 is 0.446 bits per heavy atom. The zero-order valence-electron chi connectivity index (χ0n) is 37.6. The van der Waals surface area contributed by atoms with E-state index in [2.05, 4.69) is 133 Å². The molecule has 0 bridgehead atoms. The zero-order chi connectivity index (χ0) is 45.1. The molecule has 0 atom stereocenters. The summed E-state index contributed by atoms with van der Waals surface area (Å²) in [6.45, 7) is 12.5. The topological polar surface area (TPSA) is 44.8 Å². The lowest BCUT2D eigenvalue weighted by molar-refractivity contribution is 0.299. The molecule has 0 aromatic heterocycles. The Kier molecular flexibility index (Phi) is 12.1. The van der Waals surface area contributed by atoms with Crippen molar-refractivity contribution in [3.8, 4) is 84.0 Å². The van der Waals surface area contributed by atoms with Crippen molar-refractivity contribution in [2.75, 3.05) is 0 Å². The van der Waals surface area contributed by atoms with Crippen LogP contribution in [0, 0.1) is 41.5 Å². The second-order valence-corrected chi connectivity index (χ2v) is 18.1. The van der Waals surface area contributed by atoms with Gasteiger partial charge in [0.25, 0.3) is 0 Å². The van der Waals surface area contributed by atoms with Gasteiger partial charge in [-0.1, -0.05) is 182 Å². The molecule has 4 nitrogen and oxygen atoms in total. The summed E-state index contributed by atoms with van der Waals surface area (Å²) in [5.41, 5.74) is 17.5. The molecule has 0 amide bonds. The van der Waals surface area contributed by atoms with Gasteiger partial charge in [0.2, 0.25) is 0 Å². The summed E-state index contributed by atoms with van der Waals surface area (Å²) in [6.07, 6.45) is 0. The zero-order valence-corrected chi connectivity index (χ0v) is 38.5. The summed E-state index contributed by atoms with van der Waals surface area (Å²) < 4.78 is 37.7. The maximum absolute atomic E-state index is 16.6. The van der Waals surface area contributed by atoms with Crippen molar-refractivity contribution in [1.82, 2.24) is 0 Å². The van der Waals surface area contributed by atoms with Gasteiger partial charge >= 0.3 is 7.82 Å². The summed E-state index contributed by atoms with van der Waals surface area (Å²) in [4.78, 5) is 0. The second kappa shape index (κ2) is 18.4. The summed E-state index contributed by atoms with van der Waals surface area (Å²) in [5, 5.41) is 0. The van der Waals surface area contributed by atoms with Crippen LogP contribution in [0.3, 0.4) is 0 Å². The summed E-state index contributed by atoms with van der Waals surface area (Å²) in [5.74, 6) is 1.09. The maximum Gasteiger partial charge on any atom is 0.647 e. The van der Waals surface area contributed by atoms with Crippen molar-refractivity contribution in [1.29, 1.82) is 0 Å². The molecule has 0 aliphatic heterocycles. The Labute approximate surface area is 383 Å². The molecule has 0 N–H and O–H groups in total. The van der Waals surface area contributed by atoms with Crippen LogP contribution < -0.4 is 13.6 Å². The quantitative estimate of drug-likeness (QED) is 0.115. The van der Waals surface area contributed by atoms with Gasteiger partial charge in [-0.3, -0.25) is 0 Å². The Hall–Kier alpha value is -7.39. The van der Waals surface area contributed by atoms with Gasteiger partial charge in [-0.15, -0.1) is 0 Å². The molecule has 0 aliphatic carbocycles. The highest BCUT2D eigenvalue weighted by molar-refractivity contribution is 7.49. The largest absolute Gasteiger partial charge is 0.647 e. The molecule has 320 valence electrons. The van der Waals surface area contributed by atoms with Gasteiger partial charge < -0.3 is 13.6 Å². The normalized spacial score (nSPS) is 11.3. The van der Waals surface area contributed by atoms with E-state index in [1.807, 2.05) is 109 Å². The lowest BCUT2D eigenvalue weighted by Crippen LogP contribution is -2.10. The first-order valence-electron chi connectivity index (χ1n) is 22.0. The maximum atomic E-state index is 16.6. The highest BCUT2D eigenvalue weighted by Crippen LogP contribution is 2.57. The second-order valence-electron chi connectivity index (χ2n) is 16.6. The van der Waals surface area contributed by atoms with Gasteiger partial charge in [-0.25, -0.2) is 0 Å². The predicted molar refractivity (Wildman–Crippen MR) is 270 cm³/mol. The van der Waals surface area contributed by atoms with Crippen LogP contribution in [0.2, 0.25) is 0 Å². The van der Waals surface area contributed by atoms with Crippen LogP contribution in [-0.4, -0.2) is 0 Å². The van der Waals surface area contributed by atoms with E-state index in [9.17, 15) is 0 Å². The van der Waals surface area contributed by atoms with E-state index < -0.39 is 7.82 Å². The first kappa shape index (κ1) is 42.9. The molecule has 9 rings (SSSR count). The van der Waals surface area contributed by atoms with E-state index in [0.29, 0.717) is 17.2 Å². The fourth-order valence-electron chi connectivity index (χ4n) is 8.93. The molecule has 0 saturated heterocycles. The molecule has 0 spiro atoms. The third-order valence-corrected chi connectivity index (χ3v) is 13.5. The number of phosphoric ester groups is 1. The molecular formula is C60H51O4P. The van der Waals surface area contributed by atoms with Crippen molar-refractivity contribution < 1.29 is 18.1 Å². The van der Waals surface area contributed by atoms with Gasteiger partial charge in [0, 0.05) is 16.7 Å². The number of benzene rings is 9. The lowest BCUT2D eigenvalue weighted by Gasteiger charge is -2.26. The minimum absolute atomic E-state index is 0.364. The van der Waals surface area contributed by atoms with E-state index in [-0.39, 0.29) is 0 Å². The van der Waals surface area contributed by atoms with Gasteiger partial charge in [0.1, 0.15) is 17.2 Å². The number of aryl methyl sites for hydroxylation is 6. The van der Waals surface area contributed by atoms with Gasteiger partial charge in [0.05, 0.1) is 0 Å². The fraction of sp³-hybridized carbons (Fsp3) is 0.100. The SMILES string of the molecule is Cc1ccccc1-c1cccc(OP(=O)(Oc2cccc(-c3ccccc3C)c2-c2ccccc2C)Oc2cccc(-c3ccccc3C)c2-c2ccccc2C)c1-c1ccccc1C. The fourth-order valence-corrected chi connectivity index (χ4v) is 10.2. The van der Waals surface area contributed by atoms with Crippen LogP contribution in [0.15, 0.2) is 200 Å². The Morgan fingerprint density at radius 1 is 0.246 bits per heavy atom. The molecule has 0 aliphatic rings. The van der Waals surface area contributed by atoms with Crippen LogP contribution in [0.25, 0.3) is 66.8 Å². The minimum Gasteiger partial charge on any atom is -0.385 e. The lowest BCUT2D eigenvalue weighted by atomic mass is 9.90. The smallest absolute Gasteiger partial charge is 0.385 e. The van der Waals surface area contributed by atoms with Crippen molar-refractivity contribution in [3.63, 3.8) is 0 Å². The minimum atomic E-state index is -4.74. The summed E-state index contributed by atoms with van der Waals surface area (Å²) >= 11 is 0. The van der Waals surface area contributed by atoms with E-state index in [1.165, 1.54) is 0 Å². The van der Waals surface area contributed by atoms with Crippen molar-refractivity contribution in [3.05, 3.63) is 234 Å². The molecule has 0 fully saturated rings. The van der Waals surface area contributed by atoms with E-state index in [0.717, 1.165) is 100 Å². The third kappa shape index (κ3) is 8.66. The highest BCUT2D eigenvalue weighted by atomic mass is 31.2. The molecular weight excluding hydrogens is 816 g/mol. The molecule has 5 heteroatoms.